The minimum atomic E-state index is -0.310. The maximum Gasteiger partial charge on any atom is 0.276 e. The molecule has 1 amide bonds. The highest BCUT2D eigenvalue weighted by atomic mass is 19.1. The van der Waals surface area contributed by atoms with E-state index in [9.17, 15) is 14.0 Å². The zero-order chi connectivity index (χ0) is 25.8. The number of hydrogen-bond donors (Lipinski definition) is 0. The molecular weight excluding hydrogens is 459 g/mol. The Balaban J connectivity index is 1.58. The fourth-order valence-electron chi connectivity index (χ4n) is 4.74. The number of halogens is 1. The predicted octanol–water partition coefficient (Wildman–Crippen LogP) is 3.51. The quantitative estimate of drug-likeness (QED) is 0.481. The molecule has 192 valence electrons. The zero-order valence-corrected chi connectivity index (χ0v) is 21.5. The Morgan fingerprint density at radius 2 is 1.72 bits per heavy atom. The van der Waals surface area contributed by atoms with Crippen LogP contribution < -0.4 is 5.56 Å². The number of aromatic nitrogens is 2. The fraction of sp³-hybridized carbons (Fsp3) is 0.429. The molecule has 36 heavy (non-hydrogen) atoms. The molecule has 1 aliphatic rings. The van der Waals surface area contributed by atoms with Crippen molar-refractivity contribution in [1.29, 1.82) is 0 Å². The van der Waals surface area contributed by atoms with Gasteiger partial charge < -0.3 is 9.64 Å². The van der Waals surface area contributed by atoms with Crippen molar-refractivity contribution in [3.8, 4) is 5.69 Å². The second-order valence-corrected chi connectivity index (χ2v) is 9.93. The normalized spacial score (nSPS) is 17.1. The Labute approximate surface area is 211 Å². The minimum absolute atomic E-state index is 0.0117. The molecule has 2 heterocycles. The Morgan fingerprint density at radius 3 is 2.42 bits per heavy atom. The Kier molecular flexibility index (Phi) is 8.06. The van der Waals surface area contributed by atoms with Crippen LogP contribution in [0.4, 0.5) is 4.39 Å². The largest absolute Gasteiger partial charge is 0.370 e. The monoisotopic (exact) mass is 494 g/mol. The molecule has 0 bridgehead atoms. The summed E-state index contributed by atoms with van der Waals surface area (Å²) in [4.78, 5) is 30.4. The summed E-state index contributed by atoms with van der Waals surface area (Å²) in [5, 5.41) is 0. The van der Waals surface area contributed by atoms with E-state index >= 15 is 0 Å². The summed E-state index contributed by atoms with van der Waals surface area (Å²) in [7, 11) is 1.87. The summed E-state index contributed by atoms with van der Waals surface area (Å²) < 4.78 is 23.8. The summed E-state index contributed by atoms with van der Waals surface area (Å²) in [5.74, 6) is 0.0132. The van der Waals surface area contributed by atoms with Gasteiger partial charge in [0.25, 0.3) is 5.56 Å². The Morgan fingerprint density at radius 1 is 1.03 bits per heavy atom. The van der Waals surface area contributed by atoms with Gasteiger partial charge in [0.2, 0.25) is 5.91 Å². The number of para-hydroxylation sites is 1. The van der Waals surface area contributed by atoms with E-state index in [1.54, 1.807) is 22.9 Å². The standard InChI is InChI=1S/C28H35FN4O3/c1-20(2)14-32-16-24(36-19-22-10-8-9-13-26(22)29)15-31(18-27(32)34)17-25-21(3)30(4)33(28(25)35)23-11-6-5-7-12-23/h5-13,20,24H,14-19H2,1-4H3. The SMILES string of the molecule is Cc1c(CN2CC(=O)N(CC(C)C)CC(OCc3ccccc3F)C2)c(=O)n(-c2ccccc2)n1C. The van der Waals surface area contributed by atoms with Gasteiger partial charge in [-0.05, 0) is 31.0 Å². The number of carbonyl (C=O) groups is 1. The van der Waals surface area contributed by atoms with Crippen LogP contribution in [0, 0.1) is 18.7 Å². The van der Waals surface area contributed by atoms with Gasteiger partial charge in [0.1, 0.15) is 5.82 Å². The number of carbonyl (C=O) groups excluding carboxylic acids is 1. The van der Waals surface area contributed by atoms with Gasteiger partial charge in [0, 0.05) is 44.5 Å². The molecule has 3 aromatic rings. The first kappa shape index (κ1) is 25.9. The van der Waals surface area contributed by atoms with E-state index in [0.29, 0.717) is 43.2 Å². The van der Waals surface area contributed by atoms with Crippen LogP contribution in [0.5, 0.6) is 0 Å². The van der Waals surface area contributed by atoms with Crippen LogP contribution in [0.25, 0.3) is 5.69 Å². The maximum absolute atomic E-state index is 14.2. The highest BCUT2D eigenvalue weighted by Gasteiger charge is 2.30. The molecule has 7 nitrogen and oxygen atoms in total. The van der Waals surface area contributed by atoms with Gasteiger partial charge in [0.05, 0.1) is 30.5 Å². The second-order valence-electron chi connectivity index (χ2n) is 9.93. The predicted molar refractivity (Wildman–Crippen MR) is 137 cm³/mol. The highest BCUT2D eigenvalue weighted by molar-refractivity contribution is 5.78. The van der Waals surface area contributed by atoms with Gasteiger partial charge in [0.15, 0.2) is 0 Å². The lowest BCUT2D eigenvalue weighted by molar-refractivity contribution is -0.132. The van der Waals surface area contributed by atoms with Gasteiger partial charge in [-0.25, -0.2) is 9.07 Å². The molecule has 1 fully saturated rings. The van der Waals surface area contributed by atoms with Crippen molar-refractivity contribution in [2.24, 2.45) is 13.0 Å². The first-order chi connectivity index (χ1) is 17.2. The number of amides is 1. The van der Waals surface area contributed by atoms with Crippen molar-refractivity contribution in [3.05, 3.63) is 87.6 Å². The van der Waals surface area contributed by atoms with Crippen molar-refractivity contribution in [3.63, 3.8) is 0 Å². The lowest BCUT2D eigenvalue weighted by atomic mass is 10.2. The van der Waals surface area contributed by atoms with Crippen LogP contribution in [0.2, 0.25) is 0 Å². The molecule has 1 unspecified atom stereocenters. The number of hydrogen-bond acceptors (Lipinski definition) is 4. The van der Waals surface area contributed by atoms with E-state index in [-0.39, 0.29) is 36.5 Å². The smallest absolute Gasteiger partial charge is 0.276 e. The van der Waals surface area contributed by atoms with Crippen molar-refractivity contribution in [2.45, 2.75) is 40.0 Å². The van der Waals surface area contributed by atoms with Crippen molar-refractivity contribution in [1.82, 2.24) is 19.2 Å². The third-order valence-corrected chi connectivity index (χ3v) is 6.67. The zero-order valence-electron chi connectivity index (χ0n) is 21.5. The molecule has 4 rings (SSSR count). The van der Waals surface area contributed by atoms with Crippen molar-refractivity contribution < 1.29 is 13.9 Å². The number of benzene rings is 2. The third-order valence-electron chi connectivity index (χ3n) is 6.67. The lowest BCUT2D eigenvalue weighted by Crippen LogP contribution is -2.40. The summed E-state index contributed by atoms with van der Waals surface area (Å²) in [5.41, 5.74) is 2.68. The molecule has 1 saturated heterocycles. The minimum Gasteiger partial charge on any atom is -0.370 e. The van der Waals surface area contributed by atoms with Crippen LogP contribution >= 0.6 is 0 Å². The molecule has 0 saturated carbocycles. The molecule has 1 aromatic heterocycles. The van der Waals surface area contributed by atoms with Gasteiger partial charge in [-0.2, -0.15) is 0 Å². The molecule has 0 radical (unpaired) electrons. The third kappa shape index (κ3) is 5.77. The number of rotatable bonds is 8. The maximum atomic E-state index is 14.2. The van der Waals surface area contributed by atoms with E-state index in [1.807, 2.05) is 58.8 Å². The van der Waals surface area contributed by atoms with Gasteiger partial charge >= 0.3 is 0 Å². The van der Waals surface area contributed by atoms with Crippen LogP contribution in [0.15, 0.2) is 59.4 Å². The fourth-order valence-corrected chi connectivity index (χ4v) is 4.74. The highest BCUT2D eigenvalue weighted by Crippen LogP contribution is 2.18. The average molecular weight is 495 g/mol. The van der Waals surface area contributed by atoms with E-state index in [0.717, 1.165) is 11.4 Å². The molecular formula is C28H35FN4O3. The molecule has 0 aliphatic carbocycles. The first-order valence-electron chi connectivity index (χ1n) is 12.4. The average Bonchev–Trinajstić information content (AvgIpc) is 2.96. The summed E-state index contributed by atoms with van der Waals surface area (Å²) >= 11 is 0. The first-order valence-corrected chi connectivity index (χ1v) is 12.4. The van der Waals surface area contributed by atoms with Gasteiger partial charge in [-0.3, -0.25) is 19.2 Å². The van der Waals surface area contributed by atoms with Crippen LogP contribution in [0.3, 0.4) is 0 Å². The number of nitrogens with zero attached hydrogens (tertiary/aromatic N) is 4. The van der Waals surface area contributed by atoms with E-state index in [1.165, 1.54) is 6.07 Å². The van der Waals surface area contributed by atoms with Crippen LogP contribution in [0.1, 0.15) is 30.7 Å². The Bertz CT molecular complexity index is 1250. The van der Waals surface area contributed by atoms with E-state index < -0.39 is 0 Å². The van der Waals surface area contributed by atoms with Gasteiger partial charge in [-0.15, -0.1) is 0 Å². The second kappa shape index (κ2) is 11.2. The number of ether oxygens (including phenoxy) is 1. The van der Waals surface area contributed by atoms with Crippen molar-refractivity contribution in [2.75, 3.05) is 26.2 Å². The van der Waals surface area contributed by atoms with Crippen molar-refractivity contribution >= 4 is 5.91 Å². The molecule has 0 spiro atoms. The summed E-state index contributed by atoms with van der Waals surface area (Å²) in [6, 6.07) is 16.1. The van der Waals surface area contributed by atoms with Gasteiger partial charge in [-0.1, -0.05) is 50.2 Å². The molecule has 8 heteroatoms. The molecule has 1 atom stereocenters. The molecule has 0 N–H and O–H groups in total. The summed E-state index contributed by atoms with van der Waals surface area (Å²) in [6.07, 6.45) is -0.310. The van der Waals surface area contributed by atoms with Crippen LogP contribution in [-0.2, 0) is 29.7 Å². The molecule has 2 aromatic carbocycles. The summed E-state index contributed by atoms with van der Waals surface area (Å²) in [6.45, 7) is 8.25. The topological polar surface area (TPSA) is 59.7 Å². The Hall–Kier alpha value is -3.23. The lowest BCUT2D eigenvalue weighted by Gasteiger charge is -2.26. The van der Waals surface area contributed by atoms with E-state index in [2.05, 4.69) is 13.8 Å². The molecule has 1 aliphatic heterocycles. The van der Waals surface area contributed by atoms with Crippen LogP contribution in [-0.4, -0.2) is 57.4 Å². The van der Waals surface area contributed by atoms with E-state index in [4.69, 9.17) is 4.74 Å².